The summed E-state index contributed by atoms with van der Waals surface area (Å²) in [5.74, 6) is 0.938. The first-order valence-electron chi connectivity index (χ1n) is 10.2. The molecule has 1 aliphatic heterocycles. The van der Waals surface area contributed by atoms with E-state index in [1.54, 1.807) is 0 Å². The van der Waals surface area contributed by atoms with Crippen LogP contribution in [0.15, 0.2) is 60.8 Å². The van der Waals surface area contributed by atoms with Gasteiger partial charge in [-0.3, -0.25) is 4.79 Å². The number of para-hydroxylation sites is 1. The Morgan fingerprint density at radius 1 is 1.18 bits per heavy atom. The van der Waals surface area contributed by atoms with Crippen LogP contribution >= 0.6 is 0 Å². The lowest BCUT2D eigenvalue weighted by Gasteiger charge is -2.37. The van der Waals surface area contributed by atoms with E-state index in [9.17, 15) is 4.79 Å². The molecule has 0 radical (unpaired) electrons. The average molecular weight is 371 g/mol. The van der Waals surface area contributed by atoms with Crippen molar-refractivity contribution in [3.05, 3.63) is 71.9 Å². The number of anilines is 2. The number of fused-ring (bicyclic) bond motifs is 4. The molecule has 3 unspecified atom stereocenters. The lowest BCUT2D eigenvalue weighted by Crippen LogP contribution is -2.29. The van der Waals surface area contributed by atoms with Gasteiger partial charge in [-0.25, -0.2) is 0 Å². The predicted octanol–water partition coefficient (Wildman–Crippen LogP) is 5.73. The zero-order valence-corrected chi connectivity index (χ0v) is 16.0. The summed E-state index contributed by atoms with van der Waals surface area (Å²) >= 11 is 0. The molecule has 142 valence electrons. The van der Waals surface area contributed by atoms with E-state index >= 15 is 0 Å². The van der Waals surface area contributed by atoms with E-state index in [-0.39, 0.29) is 11.9 Å². The standard InChI is InChI=1S/C24H25N3O/c1-2-6-23(28)26-15-11-12-22-19(13-15)16-8-5-9-18(16)24(27-22)20-14-25-21-10-4-3-7-17(20)21/h3-5,7-8,10-14,16,18,24-25,27H,2,6,9H2,1H3,(H,26,28). The van der Waals surface area contributed by atoms with Crippen molar-refractivity contribution in [3.63, 3.8) is 0 Å². The molecule has 2 heterocycles. The Morgan fingerprint density at radius 2 is 2.07 bits per heavy atom. The third-order valence-electron chi connectivity index (χ3n) is 6.08. The van der Waals surface area contributed by atoms with Gasteiger partial charge in [-0.15, -0.1) is 0 Å². The van der Waals surface area contributed by atoms with E-state index in [0.29, 0.717) is 18.3 Å². The number of carbonyl (C=O) groups is 1. The minimum absolute atomic E-state index is 0.0846. The maximum atomic E-state index is 12.0. The molecule has 0 spiro atoms. The topological polar surface area (TPSA) is 56.9 Å². The molecule has 1 aliphatic carbocycles. The highest BCUT2D eigenvalue weighted by atomic mass is 16.1. The highest BCUT2D eigenvalue weighted by Crippen LogP contribution is 2.51. The maximum absolute atomic E-state index is 12.0. The van der Waals surface area contributed by atoms with Crippen molar-refractivity contribution >= 4 is 28.2 Å². The fraction of sp³-hybridized carbons (Fsp3) is 0.292. The highest BCUT2D eigenvalue weighted by molar-refractivity contribution is 5.91. The lowest BCUT2D eigenvalue weighted by atomic mass is 9.77. The molecule has 0 saturated carbocycles. The van der Waals surface area contributed by atoms with Gasteiger partial charge in [0, 0.05) is 40.8 Å². The van der Waals surface area contributed by atoms with E-state index < -0.39 is 0 Å². The third-order valence-corrected chi connectivity index (χ3v) is 6.08. The average Bonchev–Trinajstić information content (AvgIpc) is 3.35. The van der Waals surface area contributed by atoms with E-state index in [1.807, 2.05) is 13.0 Å². The zero-order chi connectivity index (χ0) is 19.1. The van der Waals surface area contributed by atoms with Crippen molar-refractivity contribution in [1.82, 2.24) is 4.98 Å². The first-order chi connectivity index (χ1) is 13.7. The second kappa shape index (κ2) is 6.86. The molecular weight excluding hydrogens is 346 g/mol. The van der Waals surface area contributed by atoms with E-state index in [1.165, 1.54) is 22.0 Å². The molecule has 4 nitrogen and oxygen atoms in total. The first kappa shape index (κ1) is 17.1. The predicted molar refractivity (Wildman–Crippen MR) is 115 cm³/mol. The molecule has 1 amide bonds. The summed E-state index contributed by atoms with van der Waals surface area (Å²) in [4.78, 5) is 15.4. The van der Waals surface area contributed by atoms with Crippen molar-refractivity contribution in [2.75, 3.05) is 10.6 Å². The second-order valence-corrected chi connectivity index (χ2v) is 7.87. The molecule has 2 aromatic carbocycles. The SMILES string of the molecule is CCCC(=O)Nc1ccc2c(c1)C1C=CCC1C(c1c[nH]c3ccccc13)N2. The molecule has 3 aromatic rings. The number of nitrogens with one attached hydrogen (secondary N) is 3. The molecule has 0 saturated heterocycles. The molecule has 3 N–H and O–H groups in total. The molecule has 4 heteroatoms. The highest BCUT2D eigenvalue weighted by Gasteiger charge is 2.38. The van der Waals surface area contributed by atoms with Crippen molar-refractivity contribution in [2.24, 2.45) is 5.92 Å². The number of hydrogen-bond donors (Lipinski definition) is 3. The first-order valence-corrected chi connectivity index (χ1v) is 10.2. The van der Waals surface area contributed by atoms with Gasteiger partial charge in [0.15, 0.2) is 0 Å². The van der Waals surface area contributed by atoms with Gasteiger partial charge < -0.3 is 15.6 Å². The van der Waals surface area contributed by atoms with Crippen LogP contribution in [0.2, 0.25) is 0 Å². The van der Waals surface area contributed by atoms with Crippen LogP contribution in [0, 0.1) is 5.92 Å². The molecule has 3 atom stereocenters. The fourth-order valence-electron chi connectivity index (χ4n) is 4.78. The zero-order valence-electron chi connectivity index (χ0n) is 16.0. The molecule has 5 rings (SSSR count). The van der Waals surface area contributed by atoms with Crippen molar-refractivity contribution in [1.29, 1.82) is 0 Å². The van der Waals surface area contributed by atoms with Gasteiger partial charge in [0.25, 0.3) is 0 Å². The maximum Gasteiger partial charge on any atom is 0.224 e. The van der Waals surface area contributed by atoms with Crippen LogP contribution in [0.1, 0.15) is 49.3 Å². The van der Waals surface area contributed by atoms with Crippen LogP contribution in [0.25, 0.3) is 10.9 Å². The Balaban J connectivity index is 1.51. The minimum atomic E-state index is 0.0846. The normalized spacial score (nSPS) is 22.5. The van der Waals surface area contributed by atoms with Crippen molar-refractivity contribution in [3.8, 4) is 0 Å². The number of benzene rings is 2. The Labute approximate surface area is 165 Å². The summed E-state index contributed by atoms with van der Waals surface area (Å²) in [5.41, 5.74) is 5.85. The van der Waals surface area contributed by atoms with Crippen molar-refractivity contribution in [2.45, 2.75) is 38.1 Å². The van der Waals surface area contributed by atoms with Crippen LogP contribution in [-0.2, 0) is 4.79 Å². The van der Waals surface area contributed by atoms with Gasteiger partial charge in [-0.2, -0.15) is 0 Å². The Bertz CT molecular complexity index is 1060. The number of rotatable bonds is 4. The molecular formula is C24H25N3O. The number of amides is 1. The van der Waals surface area contributed by atoms with Gasteiger partial charge in [-0.1, -0.05) is 37.3 Å². The number of hydrogen-bond acceptors (Lipinski definition) is 2. The Morgan fingerprint density at radius 3 is 2.96 bits per heavy atom. The molecule has 0 fully saturated rings. The van der Waals surface area contributed by atoms with E-state index in [4.69, 9.17) is 0 Å². The number of carbonyl (C=O) groups excluding carboxylic acids is 1. The number of allylic oxidation sites excluding steroid dienone is 2. The van der Waals surface area contributed by atoms with E-state index in [2.05, 4.69) is 70.4 Å². The second-order valence-electron chi connectivity index (χ2n) is 7.87. The summed E-state index contributed by atoms with van der Waals surface area (Å²) in [6.07, 6.45) is 9.28. The largest absolute Gasteiger partial charge is 0.378 e. The summed E-state index contributed by atoms with van der Waals surface area (Å²) in [5, 5.41) is 8.13. The quantitative estimate of drug-likeness (QED) is 0.513. The molecule has 1 aromatic heterocycles. The van der Waals surface area contributed by atoms with Crippen LogP contribution in [-0.4, -0.2) is 10.9 Å². The summed E-state index contributed by atoms with van der Waals surface area (Å²) < 4.78 is 0. The molecule has 2 aliphatic rings. The summed E-state index contributed by atoms with van der Waals surface area (Å²) in [6.45, 7) is 2.02. The Kier molecular flexibility index (Phi) is 4.19. The fourth-order valence-corrected chi connectivity index (χ4v) is 4.78. The smallest absolute Gasteiger partial charge is 0.224 e. The van der Waals surface area contributed by atoms with Crippen molar-refractivity contribution < 1.29 is 4.79 Å². The molecule has 28 heavy (non-hydrogen) atoms. The number of aromatic nitrogens is 1. The summed E-state index contributed by atoms with van der Waals surface area (Å²) in [7, 11) is 0. The van der Waals surface area contributed by atoms with Gasteiger partial charge in [0.2, 0.25) is 5.91 Å². The lowest BCUT2D eigenvalue weighted by molar-refractivity contribution is -0.116. The van der Waals surface area contributed by atoms with Gasteiger partial charge in [0.1, 0.15) is 0 Å². The van der Waals surface area contributed by atoms with Gasteiger partial charge >= 0.3 is 0 Å². The van der Waals surface area contributed by atoms with Gasteiger partial charge in [-0.05, 0) is 54.2 Å². The van der Waals surface area contributed by atoms with Crippen LogP contribution in [0.3, 0.4) is 0 Å². The molecule has 0 bridgehead atoms. The van der Waals surface area contributed by atoms with Gasteiger partial charge in [0.05, 0.1) is 6.04 Å². The number of H-pyrrole nitrogens is 1. The minimum Gasteiger partial charge on any atom is -0.378 e. The monoisotopic (exact) mass is 371 g/mol. The van der Waals surface area contributed by atoms with Crippen LogP contribution in [0.5, 0.6) is 0 Å². The van der Waals surface area contributed by atoms with E-state index in [0.717, 1.165) is 24.2 Å². The summed E-state index contributed by atoms with van der Waals surface area (Å²) in [6, 6.07) is 15.0. The third kappa shape index (κ3) is 2.80. The Hall–Kier alpha value is -3.01. The van der Waals surface area contributed by atoms with Crippen LogP contribution in [0.4, 0.5) is 11.4 Å². The number of aromatic amines is 1. The van der Waals surface area contributed by atoms with Crippen LogP contribution < -0.4 is 10.6 Å².